The van der Waals surface area contributed by atoms with Gasteiger partial charge in [-0.05, 0) is 51.2 Å². The normalized spacial score (nSPS) is 12.0. The molecule has 0 amide bonds. The zero-order valence-corrected chi connectivity index (χ0v) is 13.9. The first-order valence-corrected chi connectivity index (χ1v) is 7.65. The minimum Gasteiger partial charge on any atom is -0.356 e. The highest BCUT2D eigenvalue weighted by Gasteiger charge is 2.13. The van der Waals surface area contributed by atoms with E-state index in [1.54, 1.807) is 0 Å². The van der Waals surface area contributed by atoms with Crippen molar-refractivity contribution in [3.63, 3.8) is 0 Å². The highest BCUT2D eigenvalue weighted by Crippen LogP contribution is 2.18. The van der Waals surface area contributed by atoms with Crippen molar-refractivity contribution in [3.05, 3.63) is 46.7 Å². The third kappa shape index (κ3) is 3.95. The van der Waals surface area contributed by atoms with Crippen LogP contribution in [-0.4, -0.2) is 14.9 Å². The minimum absolute atomic E-state index is 0.0875. The molecule has 0 spiro atoms. The van der Waals surface area contributed by atoms with Gasteiger partial charge in [0.05, 0.1) is 12.2 Å². The molecular weight excluding hydrogens is 304 g/mol. The van der Waals surface area contributed by atoms with Crippen molar-refractivity contribution in [1.82, 2.24) is 15.1 Å². The van der Waals surface area contributed by atoms with Gasteiger partial charge in [-0.25, -0.2) is 0 Å². The summed E-state index contributed by atoms with van der Waals surface area (Å²) < 4.78 is 1.97. The average Bonchev–Trinajstić information content (AvgIpc) is 2.79. The van der Waals surface area contributed by atoms with E-state index in [2.05, 4.69) is 36.5 Å². The van der Waals surface area contributed by atoms with Crippen molar-refractivity contribution in [2.45, 2.75) is 33.4 Å². The molecule has 4 nitrogen and oxygen atoms in total. The molecule has 2 rings (SSSR count). The number of halogens is 1. The molecule has 1 aromatic carbocycles. The molecule has 1 aromatic heterocycles. The number of anilines is 1. The molecule has 21 heavy (non-hydrogen) atoms. The van der Waals surface area contributed by atoms with Crippen molar-refractivity contribution in [2.24, 2.45) is 0 Å². The molecule has 0 saturated heterocycles. The number of thiocarbonyl (C=S) groups is 1. The molecule has 112 valence electrons. The maximum Gasteiger partial charge on any atom is 0.171 e. The van der Waals surface area contributed by atoms with E-state index in [-0.39, 0.29) is 6.04 Å². The zero-order valence-electron chi connectivity index (χ0n) is 12.4. The van der Waals surface area contributed by atoms with Gasteiger partial charge in [-0.3, -0.25) is 4.68 Å². The van der Waals surface area contributed by atoms with E-state index in [0.29, 0.717) is 10.1 Å². The Morgan fingerprint density at radius 2 is 2.24 bits per heavy atom. The lowest BCUT2D eigenvalue weighted by atomic mass is 10.1. The highest BCUT2D eigenvalue weighted by molar-refractivity contribution is 7.80. The Labute approximate surface area is 135 Å². The fraction of sp³-hybridized carbons (Fsp3) is 0.333. The molecule has 0 radical (unpaired) electrons. The molecule has 2 aromatic rings. The van der Waals surface area contributed by atoms with Gasteiger partial charge in [0, 0.05) is 28.5 Å². The van der Waals surface area contributed by atoms with E-state index < -0.39 is 0 Å². The molecule has 0 aliphatic rings. The molecule has 6 heteroatoms. The van der Waals surface area contributed by atoms with Crippen LogP contribution in [0.1, 0.15) is 31.1 Å². The van der Waals surface area contributed by atoms with Crippen LogP contribution in [0.5, 0.6) is 0 Å². The lowest BCUT2D eigenvalue weighted by molar-refractivity contribution is 0.633. The first-order valence-electron chi connectivity index (χ1n) is 6.86. The number of hydrogen-bond donors (Lipinski definition) is 2. The number of nitrogens with one attached hydrogen (secondary N) is 2. The van der Waals surface area contributed by atoms with E-state index in [0.717, 1.165) is 23.5 Å². The Bertz CT molecular complexity index is 638. The second kappa shape index (κ2) is 6.91. The quantitative estimate of drug-likeness (QED) is 0.837. The van der Waals surface area contributed by atoms with Crippen LogP contribution < -0.4 is 10.6 Å². The van der Waals surface area contributed by atoms with Crippen molar-refractivity contribution >= 4 is 34.6 Å². The Kier molecular flexibility index (Phi) is 5.20. The predicted molar refractivity (Wildman–Crippen MR) is 91.9 cm³/mol. The maximum absolute atomic E-state index is 5.95. The molecule has 0 aliphatic heterocycles. The van der Waals surface area contributed by atoms with Gasteiger partial charge in [0.15, 0.2) is 5.11 Å². The van der Waals surface area contributed by atoms with Gasteiger partial charge in [0.25, 0.3) is 0 Å². The van der Waals surface area contributed by atoms with Gasteiger partial charge in [0.1, 0.15) is 0 Å². The summed E-state index contributed by atoms with van der Waals surface area (Å²) in [5.41, 5.74) is 3.17. The standard InChI is InChI=1S/C15H19ClN4S/c1-4-20-11(3)14(9-17-20)10(2)18-15(21)19-13-7-5-6-12(16)8-13/h5-10H,4H2,1-3H3,(H2,18,19,21). The molecule has 0 saturated carbocycles. The number of aromatic nitrogens is 2. The van der Waals surface area contributed by atoms with Gasteiger partial charge in [0.2, 0.25) is 0 Å². The van der Waals surface area contributed by atoms with Crippen molar-refractivity contribution in [3.8, 4) is 0 Å². The molecular formula is C15H19ClN4S. The van der Waals surface area contributed by atoms with Crippen LogP contribution in [0.4, 0.5) is 5.69 Å². The van der Waals surface area contributed by atoms with Crippen molar-refractivity contribution < 1.29 is 0 Å². The summed E-state index contributed by atoms with van der Waals surface area (Å²) in [5, 5.41) is 12.0. The molecule has 0 aliphatic carbocycles. The molecule has 1 heterocycles. The van der Waals surface area contributed by atoms with E-state index in [1.807, 2.05) is 35.1 Å². The number of aryl methyl sites for hydroxylation is 1. The highest BCUT2D eigenvalue weighted by atomic mass is 35.5. The topological polar surface area (TPSA) is 41.9 Å². The zero-order chi connectivity index (χ0) is 15.4. The van der Waals surface area contributed by atoms with E-state index in [4.69, 9.17) is 23.8 Å². The van der Waals surface area contributed by atoms with Crippen LogP contribution in [0.2, 0.25) is 5.02 Å². The van der Waals surface area contributed by atoms with Crippen LogP contribution >= 0.6 is 23.8 Å². The van der Waals surface area contributed by atoms with Crippen LogP contribution in [-0.2, 0) is 6.54 Å². The lowest BCUT2D eigenvalue weighted by Crippen LogP contribution is -2.31. The second-order valence-electron chi connectivity index (χ2n) is 4.83. The van der Waals surface area contributed by atoms with Crippen LogP contribution in [0.25, 0.3) is 0 Å². The fourth-order valence-corrected chi connectivity index (χ4v) is 2.70. The van der Waals surface area contributed by atoms with Crippen LogP contribution in [0.3, 0.4) is 0 Å². The second-order valence-corrected chi connectivity index (χ2v) is 5.68. The fourth-order valence-electron chi connectivity index (χ4n) is 2.21. The first kappa shape index (κ1) is 15.8. The first-order chi connectivity index (χ1) is 10.0. The summed E-state index contributed by atoms with van der Waals surface area (Å²) in [6.07, 6.45) is 1.89. The van der Waals surface area contributed by atoms with Gasteiger partial charge in [-0.15, -0.1) is 0 Å². The van der Waals surface area contributed by atoms with Crippen LogP contribution in [0, 0.1) is 6.92 Å². The third-order valence-corrected chi connectivity index (χ3v) is 3.79. The molecule has 1 atom stereocenters. The molecule has 1 unspecified atom stereocenters. The van der Waals surface area contributed by atoms with Crippen molar-refractivity contribution in [2.75, 3.05) is 5.32 Å². The van der Waals surface area contributed by atoms with Crippen molar-refractivity contribution in [1.29, 1.82) is 0 Å². The SMILES string of the molecule is CCn1ncc(C(C)NC(=S)Nc2cccc(Cl)c2)c1C. The van der Waals surface area contributed by atoms with Gasteiger partial charge in [-0.2, -0.15) is 5.10 Å². The van der Waals surface area contributed by atoms with Crippen LogP contribution in [0.15, 0.2) is 30.5 Å². The molecule has 2 N–H and O–H groups in total. The summed E-state index contributed by atoms with van der Waals surface area (Å²) in [4.78, 5) is 0. The number of nitrogens with zero attached hydrogens (tertiary/aromatic N) is 2. The van der Waals surface area contributed by atoms with E-state index in [9.17, 15) is 0 Å². The Morgan fingerprint density at radius 3 is 2.86 bits per heavy atom. The number of rotatable bonds is 4. The number of benzene rings is 1. The minimum atomic E-state index is 0.0875. The summed E-state index contributed by atoms with van der Waals surface area (Å²) >= 11 is 11.3. The summed E-state index contributed by atoms with van der Waals surface area (Å²) in [6, 6.07) is 7.55. The Hall–Kier alpha value is -1.59. The lowest BCUT2D eigenvalue weighted by Gasteiger charge is -2.17. The average molecular weight is 323 g/mol. The predicted octanol–water partition coefficient (Wildman–Crippen LogP) is 3.91. The summed E-state index contributed by atoms with van der Waals surface area (Å²) in [5.74, 6) is 0. The largest absolute Gasteiger partial charge is 0.356 e. The number of hydrogen-bond acceptors (Lipinski definition) is 2. The van der Waals surface area contributed by atoms with E-state index >= 15 is 0 Å². The summed E-state index contributed by atoms with van der Waals surface area (Å²) in [7, 11) is 0. The van der Waals surface area contributed by atoms with Gasteiger partial charge < -0.3 is 10.6 Å². The molecule has 0 bridgehead atoms. The monoisotopic (exact) mass is 322 g/mol. The van der Waals surface area contributed by atoms with Gasteiger partial charge >= 0.3 is 0 Å². The Balaban J connectivity index is 2.00. The molecule has 0 fully saturated rings. The summed E-state index contributed by atoms with van der Waals surface area (Å²) in [6.45, 7) is 7.07. The van der Waals surface area contributed by atoms with Gasteiger partial charge in [-0.1, -0.05) is 17.7 Å². The van der Waals surface area contributed by atoms with E-state index in [1.165, 1.54) is 0 Å². The Morgan fingerprint density at radius 1 is 1.48 bits per heavy atom. The smallest absolute Gasteiger partial charge is 0.171 e. The third-order valence-electron chi connectivity index (χ3n) is 3.34. The maximum atomic E-state index is 5.95.